The topological polar surface area (TPSA) is 60.2 Å². The molecule has 1 saturated heterocycles. The highest BCUT2D eigenvalue weighted by molar-refractivity contribution is 7.10. The van der Waals surface area contributed by atoms with Gasteiger partial charge >= 0.3 is 0 Å². The van der Waals surface area contributed by atoms with E-state index in [1.54, 1.807) is 0 Å². The third-order valence-electron chi connectivity index (χ3n) is 4.02. The molecule has 2 unspecified atom stereocenters. The second kappa shape index (κ2) is 5.27. The predicted molar refractivity (Wildman–Crippen MR) is 75.0 cm³/mol. The molecule has 2 aromatic heterocycles. The zero-order valence-electron chi connectivity index (χ0n) is 11.2. The normalized spacial score (nSPS) is 26.4. The molecule has 6 heteroatoms. The molecule has 0 amide bonds. The molecular formula is C14H17N3O2S. The van der Waals surface area contributed by atoms with Crippen molar-refractivity contribution in [2.75, 3.05) is 19.7 Å². The largest absolute Gasteiger partial charge is 0.367 e. The van der Waals surface area contributed by atoms with Crippen LogP contribution in [0, 0.1) is 0 Å². The van der Waals surface area contributed by atoms with Crippen molar-refractivity contribution in [2.45, 2.75) is 31.3 Å². The molecule has 0 bridgehead atoms. The van der Waals surface area contributed by atoms with Crippen molar-refractivity contribution in [2.24, 2.45) is 0 Å². The molecule has 1 aliphatic carbocycles. The molecule has 0 spiro atoms. The average Bonchev–Trinajstić information content (AvgIpc) is 3.17. The maximum absolute atomic E-state index is 5.67. The van der Waals surface area contributed by atoms with E-state index in [-0.39, 0.29) is 12.0 Å². The zero-order valence-corrected chi connectivity index (χ0v) is 12.0. The summed E-state index contributed by atoms with van der Waals surface area (Å²) >= 11 is 1.83. The van der Waals surface area contributed by atoms with E-state index >= 15 is 0 Å². The first kappa shape index (κ1) is 12.5. The lowest BCUT2D eigenvalue weighted by Crippen LogP contribution is -2.33. The van der Waals surface area contributed by atoms with E-state index in [1.165, 1.54) is 23.3 Å². The lowest BCUT2D eigenvalue weighted by atomic mass is 9.88. The molecule has 2 aliphatic rings. The number of fused-ring (bicyclic) bond motifs is 1. The van der Waals surface area contributed by atoms with Gasteiger partial charge in [0.05, 0.1) is 12.5 Å². The molecule has 2 aromatic rings. The van der Waals surface area contributed by atoms with Gasteiger partial charge in [0.15, 0.2) is 0 Å². The van der Waals surface area contributed by atoms with Gasteiger partial charge in [-0.05, 0) is 36.3 Å². The van der Waals surface area contributed by atoms with Crippen LogP contribution in [0.4, 0.5) is 0 Å². The molecule has 3 heterocycles. The molecule has 1 N–H and O–H groups in total. The van der Waals surface area contributed by atoms with Crippen LogP contribution in [0.5, 0.6) is 0 Å². The van der Waals surface area contributed by atoms with Crippen LogP contribution in [0.1, 0.15) is 47.0 Å². The molecule has 0 radical (unpaired) electrons. The van der Waals surface area contributed by atoms with E-state index in [1.807, 2.05) is 11.3 Å². The van der Waals surface area contributed by atoms with E-state index in [0.717, 1.165) is 25.4 Å². The first-order valence-corrected chi connectivity index (χ1v) is 8.02. The lowest BCUT2D eigenvalue weighted by molar-refractivity contribution is 0.0208. The molecule has 0 aromatic carbocycles. The molecule has 1 fully saturated rings. The van der Waals surface area contributed by atoms with Crippen LogP contribution in [0.3, 0.4) is 0 Å². The molecular weight excluding hydrogens is 274 g/mol. The lowest BCUT2D eigenvalue weighted by Gasteiger charge is -2.20. The van der Waals surface area contributed by atoms with Crippen LogP contribution in [0.25, 0.3) is 0 Å². The Hall–Kier alpha value is -1.24. The molecule has 4 rings (SSSR count). The van der Waals surface area contributed by atoms with Gasteiger partial charge in [-0.25, -0.2) is 0 Å². The second-order valence-electron chi connectivity index (χ2n) is 5.30. The van der Waals surface area contributed by atoms with Crippen molar-refractivity contribution >= 4 is 11.3 Å². The van der Waals surface area contributed by atoms with Crippen molar-refractivity contribution in [3.8, 4) is 0 Å². The summed E-state index contributed by atoms with van der Waals surface area (Å²) in [7, 11) is 0. The molecule has 0 saturated carbocycles. The van der Waals surface area contributed by atoms with Crippen LogP contribution < -0.4 is 5.32 Å². The van der Waals surface area contributed by atoms with Crippen molar-refractivity contribution < 1.29 is 9.26 Å². The third kappa shape index (κ3) is 2.17. The Labute approximate surface area is 121 Å². The molecule has 20 heavy (non-hydrogen) atoms. The summed E-state index contributed by atoms with van der Waals surface area (Å²) in [6.07, 6.45) is 3.39. The number of morpholine rings is 1. The predicted octanol–water partition coefficient (Wildman–Crippen LogP) is 2.26. The van der Waals surface area contributed by atoms with Crippen molar-refractivity contribution in [3.63, 3.8) is 0 Å². The maximum Gasteiger partial charge on any atom is 0.234 e. The maximum atomic E-state index is 5.67. The van der Waals surface area contributed by atoms with Gasteiger partial charge in [0.2, 0.25) is 11.7 Å². The Balaban J connectivity index is 1.60. The third-order valence-corrected chi connectivity index (χ3v) is 5.02. The van der Waals surface area contributed by atoms with Gasteiger partial charge in [0.25, 0.3) is 0 Å². The van der Waals surface area contributed by atoms with Crippen molar-refractivity contribution in [3.05, 3.63) is 33.6 Å². The summed E-state index contributed by atoms with van der Waals surface area (Å²) in [4.78, 5) is 6.07. The van der Waals surface area contributed by atoms with Gasteiger partial charge in [-0.15, -0.1) is 11.3 Å². The Morgan fingerprint density at radius 1 is 1.40 bits per heavy atom. The van der Waals surface area contributed by atoms with E-state index in [4.69, 9.17) is 9.26 Å². The van der Waals surface area contributed by atoms with Crippen LogP contribution in [0.15, 0.2) is 16.0 Å². The van der Waals surface area contributed by atoms with E-state index in [2.05, 4.69) is 26.9 Å². The SMILES string of the molecule is c1cc2c(s1)CCCC2c1nc(C2CNCCO2)no1. The number of ether oxygens (including phenoxy) is 1. The minimum absolute atomic E-state index is 0.0771. The molecule has 5 nitrogen and oxygen atoms in total. The fourth-order valence-corrected chi connectivity index (χ4v) is 3.98. The smallest absolute Gasteiger partial charge is 0.234 e. The molecule has 1 aliphatic heterocycles. The number of hydrogen-bond acceptors (Lipinski definition) is 6. The minimum Gasteiger partial charge on any atom is -0.367 e. The fourth-order valence-electron chi connectivity index (χ4n) is 2.99. The zero-order chi connectivity index (χ0) is 13.4. The van der Waals surface area contributed by atoms with Gasteiger partial charge in [0.1, 0.15) is 6.10 Å². The quantitative estimate of drug-likeness (QED) is 0.919. The number of nitrogens with zero attached hydrogens (tertiary/aromatic N) is 2. The van der Waals surface area contributed by atoms with Gasteiger partial charge < -0.3 is 14.6 Å². The van der Waals surface area contributed by atoms with Crippen LogP contribution in [-0.2, 0) is 11.2 Å². The summed E-state index contributed by atoms with van der Waals surface area (Å²) in [6.45, 7) is 2.35. The Morgan fingerprint density at radius 2 is 2.40 bits per heavy atom. The highest BCUT2D eigenvalue weighted by atomic mass is 32.1. The minimum atomic E-state index is -0.0771. The van der Waals surface area contributed by atoms with E-state index in [0.29, 0.717) is 12.4 Å². The van der Waals surface area contributed by atoms with Crippen molar-refractivity contribution in [1.82, 2.24) is 15.5 Å². The summed E-state index contributed by atoms with van der Waals surface area (Å²) in [5.41, 5.74) is 1.37. The highest BCUT2D eigenvalue weighted by Gasteiger charge is 2.29. The average molecular weight is 291 g/mol. The van der Waals surface area contributed by atoms with Crippen LogP contribution in [-0.4, -0.2) is 29.8 Å². The Kier molecular flexibility index (Phi) is 3.29. The summed E-state index contributed by atoms with van der Waals surface area (Å²) in [5, 5.41) is 9.57. The number of thiophene rings is 1. The summed E-state index contributed by atoms with van der Waals surface area (Å²) < 4.78 is 11.2. The van der Waals surface area contributed by atoms with Crippen LogP contribution >= 0.6 is 11.3 Å². The van der Waals surface area contributed by atoms with Gasteiger partial charge in [-0.3, -0.25) is 0 Å². The Bertz CT molecular complexity index is 589. The fraction of sp³-hybridized carbons (Fsp3) is 0.571. The number of hydrogen-bond donors (Lipinski definition) is 1. The number of aryl methyl sites for hydroxylation is 1. The number of nitrogens with one attached hydrogen (secondary N) is 1. The second-order valence-corrected chi connectivity index (χ2v) is 6.30. The number of aromatic nitrogens is 2. The van der Waals surface area contributed by atoms with Gasteiger partial charge in [-0.1, -0.05) is 5.16 Å². The highest BCUT2D eigenvalue weighted by Crippen LogP contribution is 2.38. The molecule has 2 atom stereocenters. The van der Waals surface area contributed by atoms with E-state index < -0.39 is 0 Å². The van der Waals surface area contributed by atoms with E-state index in [9.17, 15) is 0 Å². The van der Waals surface area contributed by atoms with Crippen LogP contribution in [0.2, 0.25) is 0 Å². The first-order valence-electron chi connectivity index (χ1n) is 7.14. The standard InChI is InChI=1S/C14H17N3O2S/c1-2-10(9-4-7-20-12(9)3-1)14-16-13(17-19-14)11-8-15-5-6-18-11/h4,7,10-11,15H,1-3,5-6,8H2. The Morgan fingerprint density at radius 3 is 3.30 bits per heavy atom. The summed E-state index contributed by atoms with van der Waals surface area (Å²) in [6, 6.07) is 2.20. The van der Waals surface area contributed by atoms with Gasteiger partial charge in [0, 0.05) is 18.0 Å². The summed E-state index contributed by atoms with van der Waals surface area (Å²) in [5.74, 6) is 1.69. The number of rotatable bonds is 2. The van der Waals surface area contributed by atoms with Crippen molar-refractivity contribution in [1.29, 1.82) is 0 Å². The first-order chi connectivity index (χ1) is 9.92. The monoisotopic (exact) mass is 291 g/mol. The van der Waals surface area contributed by atoms with Gasteiger partial charge in [-0.2, -0.15) is 4.98 Å². The molecule has 106 valence electrons.